The van der Waals surface area contributed by atoms with Crippen molar-refractivity contribution >= 4 is 0 Å². The Balaban J connectivity index is 2.30. The highest BCUT2D eigenvalue weighted by Crippen LogP contribution is 2.26. The number of aliphatic hydroxyl groups excluding tert-OH is 1. The molecule has 1 rings (SSSR count). The molecule has 0 heterocycles. The van der Waals surface area contributed by atoms with E-state index in [-0.39, 0.29) is 6.10 Å². The van der Waals surface area contributed by atoms with Gasteiger partial charge in [0.05, 0.1) is 6.10 Å². The van der Waals surface area contributed by atoms with Crippen molar-refractivity contribution in [2.45, 2.75) is 38.2 Å². The molecule has 0 spiro atoms. The Kier molecular flexibility index (Phi) is 2.94. The van der Waals surface area contributed by atoms with Gasteiger partial charge in [0.25, 0.3) is 0 Å². The highest BCUT2D eigenvalue weighted by atomic mass is 16.3. The third-order valence-electron chi connectivity index (χ3n) is 2.33. The van der Waals surface area contributed by atoms with Crippen LogP contribution >= 0.6 is 0 Å². The van der Waals surface area contributed by atoms with Crippen LogP contribution in [0.5, 0.6) is 0 Å². The molecule has 1 heteroatoms. The van der Waals surface area contributed by atoms with Crippen LogP contribution in [-0.2, 0) is 0 Å². The summed E-state index contributed by atoms with van der Waals surface area (Å²) in [5, 5.41) is 9.30. The van der Waals surface area contributed by atoms with Gasteiger partial charge in [-0.1, -0.05) is 31.9 Å². The summed E-state index contributed by atoms with van der Waals surface area (Å²) in [7, 11) is 0. The second-order valence-electron chi connectivity index (χ2n) is 3.08. The molecule has 1 nitrogen and oxygen atoms in total. The molecule has 0 aromatic rings. The van der Waals surface area contributed by atoms with E-state index in [1.54, 1.807) is 0 Å². The van der Waals surface area contributed by atoms with Crippen molar-refractivity contribution in [3.8, 4) is 0 Å². The molecule has 1 unspecified atom stereocenters. The Bertz CT molecular complexity index is 103. The summed E-state index contributed by atoms with van der Waals surface area (Å²) in [4.78, 5) is 0. The number of rotatable bonds is 2. The van der Waals surface area contributed by atoms with E-state index < -0.39 is 0 Å². The maximum Gasteiger partial charge on any atom is 0.0752 e. The molecular weight excluding hydrogens is 124 g/mol. The quantitative estimate of drug-likeness (QED) is 0.619. The monoisotopic (exact) mass is 139 g/mol. The standard InChI is InChI=1S/C9H15O/c1-2-9(10)8-6-4-3-5-7-8/h1-2,8-10H,3-7H2. The summed E-state index contributed by atoms with van der Waals surface area (Å²) < 4.78 is 0. The van der Waals surface area contributed by atoms with Crippen LogP contribution in [-0.4, -0.2) is 11.2 Å². The van der Waals surface area contributed by atoms with Gasteiger partial charge in [-0.05, 0) is 18.8 Å². The lowest BCUT2D eigenvalue weighted by Gasteiger charge is -2.24. The molecule has 10 heavy (non-hydrogen) atoms. The Morgan fingerprint density at radius 1 is 1.30 bits per heavy atom. The summed E-state index contributed by atoms with van der Waals surface area (Å²) in [6.07, 6.45) is 7.19. The molecule has 0 aromatic carbocycles. The minimum absolute atomic E-state index is 0.361. The predicted octanol–water partition coefficient (Wildman–Crippen LogP) is 1.92. The van der Waals surface area contributed by atoms with E-state index in [9.17, 15) is 5.11 Å². The van der Waals surface area contributed by atoms with Crippen molar-refractivity contribution < 1.29 is 5.11 Å². The Labute approximate surface area is 62.8 Å². The zero-order valence-corrected chi connectivity index (χ0v) is 6.29. The zero-order valence-electron chi connectivity index (χ0n) is 6.29. The molecule has 0 aliphatic heterocycles. The summed E-state index contributed by atoms with van der Waals surface area (Å²) in [6, 6.07) is 0. The minimum atomic E-state index is -0.361. The minimum Gasteiger partial charge on any atom is -0.389 e. The van der Waals surface area contributed by atoms with Gasteiger partial charge in [0.2, 0.25) is 0 Å². The SMILES string of the molecule is [CH]=CC(O)C1CCCCC1. The first-order valence-electron chi connectivity index (χ1n) is 4.07. The predicted molar refractivity (Wildman–Crippen MR) is 41.5 cm³/mol. The maximum absolute atomic E-state index is 9.30. The molecule has 0 amide bonds. The van der Waals surface area contributed by atoms with E-state index in [0.717, 1.165) is 12.8 Å². The van der Waals surface area contributed by atoms with Crippen LogP contribution in [0.25, 0.3) is 0 Å². The van der Waals surface area contributed by atoms with Crippen molar-refractivity contribution in [3.05, 3.63) is 12.7 Å². The van der Waals surface area contributed by atoms with Gasteiger partial charge in [0.15, 0.2) is 0 Å². The van der Waals surface area contributed by atoms with Crippen LogP contribution in [0, 0.1) is 12.5 Å². The first kappa shape index (κ1) is 7.80. The van der Waals surface area contributed by atoms with Gasteiger partial charge in [-0.2, -0.15) is 0 Å². The average molecular weight is 139 g/mol. The van der Waals surface area contributed by atoms with Crippen LogP contribution in [0.3, 0.4) is 0 Å². The van der Waals surface area contributed by atoms with Crippen LogP contribution in [0.15, 0.2) is 6.08 Å². The highest BCUT2D eigenvalue weighted by molar-refractivity contribution is 4.83. The van der Waals surface area contributed by atoms with Gasteiger partial charge in [-0.15, -0.1) is 0 Å². The molecule has 1 fully saturated rings. The first-order chi connectivity index (χ1) is 4.84. The van der Waals surface area contributed by atoms with Crippen LogP contribution in [0.1, 0.15) is 32.1 Å². The number of aliphatic hydroxyl groups is 1. The molecule has 57 valence electrons. The van der Waals surface area contributed by atoms with Crippen molar-refractivity contribution in [1.82, 2.24) is 0 Å². The Morgan fingerprint density at radius 2 is 1.90 bits per heavy atom. The summed E-state index contributed by atoms with van der Waals surface area (Å²) in [5.74, 6) is 0.443. The summed E-state index contributed by atoms with van der Waals surface area (Å²) in [6.45, 7) is 5.23. The number of hydrogen-bond donors (Lipinski definition) is 1. The highest BCUT2D eigenvalue weighted by Gasteiger charge is 2.18. The lowest BCUT2D eigenvalue weighted by Crippen LogP contribution is -2.20. The molecule has 1 N–H and O–H groups in total. The largest absolute Gasteiger partial charge is 0.389 e. The van der Waals surface area contributed by atoms with E-state index in [4.69, 9.17) is 6.58 Å². The van der Waals surface area contributed by atoms with E-state index in [1.165, 1.54) is 25.3 Å². The summed E-state index contributed by atoms with van der Waals surface area (Å²) >= 11 is 0. The smallest absolute Gasteiger partial charge is 0.0752 e. The normalized spacial score (nSPS) is 24.1. The molecular formula is C9H15O. The van der Waals surface area contributed by atoms with Gasteiger partial charge in [0, 0.05) is 0 Å². The van der Waals surface area contributed by atoms with E-state index in [0.29, 0.717) is 5.92 Å². The third kappa shape index (κ3) is 1.84. The van der Waals surface area contributed by atoms with Crippen LogP contribution in [0.4, 0.5) is 0 Å². The third-order valence-corrected chi connectivity index (χ3v) is 2.33. The zero-order chi connectivity index (χ0) is 7.40. The Hall–Kier alpha value is -0.300. The molecule has 1 aliphatic rings. The van der Waals surface area contributed by atoms with Crippen LogP contribution < -0.4 is 0 Å². The van der Waals surface area contributed by atoms with Crippen molar-refractivity contribution in [2.24, 2.45) is 5.92 Å². The molecule has 1 saturated carbocycles. The van der Waals surface area contributed by atoms with Crippen molar-refractivity contribution in [3.63, 3.8) is 0 Å². The van der Waals surface area contributed by atoms with Crippen molar-refractivity contribution in [2.75, 3.05) is 0 Å². The number of hydrogen-bond acceptors (Lipinski definition) is 1. The maximum atomic E-state index is 9.30. The van der Waals surface area contributed by atoms with Gasteiger partial charge in [-0.3, -0.25) is 0 Å². The van der Waals surface area contributed by atoms with Gasteiger partial charge in [0.1, 0.15) is 0 Å². The fourth-order valence-corrected chi connectivity index (χ4v) is 1.63. The lowest BCUT2D eigenvalue weighted by atomic mass is 9.85. The molecule has 0 aromatic heterocycles. The summed E-state index contributed by atoms with van der Waals surface area (Å²) in [5.41, 5.74) is 0. The first-order valence-corrected chi connectivity index (χ1v) is 4.07. The molecule has 1 radical (unpaired) electrons. The molecule has 1 aliphatic carbocycles. The molecule has 0 bridgehead atoms. The Morgan fingerprint density at radius 3 is 2.40 bits per heavy atom. The second-order valence-corrected chi connectivity index (χ2v) is 3.08. The molecule has 0 saturated heterocycles. The van der Waals surface area contributed by atoms with E-state index >= 15 is 0 Å². The molecule has 1 atom stereocenters. The van der Waals surface area contributed by atoms with Gasteiger partial charge in [-0.25, -0.2) is 0 Å². The van der Waals surface area contributed by atoms with Crippen LogP contribution in [0.2, 0.25) is 0 Å². The average Bonchev–Trinajstić information content (AvgIpc) is 2.05. The second kappa shape index (κ2) is 3.77. The fourth-order valence-electron chi connectivity index (χ4n) is 1.63. The van der Waals surface area contributed by atoms with Gasteiger partial charge < -0.3 is 5.11 Å². The lowest BCUT2D eigenvalue weighted by molar-refractivity contribution is 0.125. The van der Waals surface area contributed by atoms with E-state index in [2.05, 4.69) is 0 Å². The topological polar surface area (TPSA) is 20.2 Å². The fraction of sp³-hybridized carbons (Fsp3) is 0.778. The van der Waals surface area contributed by atoms with Gasteiger partial charge >= 0.3 is 0 Å². The van der Waals surface area contributed by atoms with Crippen molar-refractivity contribution in [1.29, 1.82) is 0 Å². The van der Waals surface area contributed by atoms with E-state index in [1.807, 2.05) is 0 Å².